The lowest BCUT2D eigenvalue weighted by Gasteiger charge is -2.33. The number of hydrogen-bond acceptors (Lipinski definition) is 3. The number of rotatable bonds is 2. The molecule has 2 aliphatic rings. The van der Waals surface area contributed by atoms with Gasteiger partial charge in [-0.2, -0.15) is 0 Å². The Morgan fingerprint density at radius 3 is 2.64 bits per heavy atom. The van der Waals surface area contributed by atoms with Gasteiger partial charge in [0.1, 0.15) is 4.88 Å². The number of carbonyl (C=O) groups excluding carboxylic acids is 2. The third-order valence-electron chi connectivity index (χ3n) is 5.30. The summed E-state index contributed by atoms with van der Waals surface area (Å²) in [6, 6.07) is 7.84. The molecule has 0 spiro atoms. The Hall–Kier alpha value is -1.85. The van der Waals surface area contributed by atoms with E-state index in [-0.39, 0.29) is 11.8 Å². The molecule has 1 aromatic carbocycles. The maximum atomic E-state index is 13.0. The van der Waals surface area contributed by atoms with Crippen LogP contribution in [0, 0.1) is 11.8 Å². The van der Waals surface area contributed by atoms with Gasteiger partial charge in [0.2, 0.25) is 5.91 Å². The SMILES string of the molecule is C=CC(=O)N1CCC2CN(C(=O)c3sc4ccccc4c3Cl)CC2C1. The Bertz CT molecular complexity index is 862. The van der Waals surface area contributed by atoms with Crippen molar-refractivity contribution in [2.24, 2.45) is 11.8 Å². The highest BCUT2D eigenvalue weighted by Crippen LogP contribution is 2.38. The molecule has 2 amide bonds. The first-order valence-electron chi connectivity index (χ1n) is 8.46. The summed E-state index contributed by atoms with van der Waals surface area (Å²) in [5, 5.41) is 1.50. The summed E-state index contributed by atoms with van der Waals surface area (Å²) in [5.74, 6) is 0.804. The van der Waals surface area contributed by atoms with E-state index in [1.165, 1.54) is 17.4 Å². The summed E-state index contributed by atoms with van der Waals surface area (Å²) in [4.78, 5) is 29.2. The van der Waals surface area contributed by atoms with E-state index in [0.29, 0.717) is 34.8 Å². The lowest BCUT2D eigenvalue weighted by Crippen LogP contribution is -2.42. The van der Waals surface area contributed by atoms with E-state index in [1.807, 2.05) is 34.1 Å². The molecule has 2 unspecified atom stereocenters. The number of nitrogens with zero attached hydrogens (tertiary/aromatic N) is 2. The Morgan fingerprint density at radius 2 is 1.88 bits per heavy atom. The van der Waals surface area contributed by atoms with Gasteiger partial charge in [-0.05, 0) is 30.4 Å². The third kappa shape index (κ3) is 2.85. The van der Waals surface area contributed by atoms with Gasteiger partial charge < -0.3 is 9.80 Å². The number of carbonyl (C=O) groups is 2. The van der Waals surface area contributed by atoms with Crippen molar-refractivity contribution in [1.29, 1.82) is 0 Å². The fourth-order valence-corrected chi connectivity index (χ4v) is 5.44. The molecule has 2 aromatic rings. The van der Waals surface area contributed by atoms with E-state index < -0.39 is 0 Å². The van der Waals surface area contributed by atoms with E-state index in [1.54, 1.807) is 0 Å². The van der Waals surface area contributed by atoms with Crippen molar-refractivity contribution in [3.63, 3.8) is 0 Å². The molecule has 2 atom stereocenters. The monoisotopic (exact) mass is 374 g/mol. The van der Waals surface area contributed by atoms with Crippen LogP contribution < -0.4 is 0 Å². The third-order valence-corrected chi connectivity index (χ3v) is 6.97. The van der Waals surface area contributed by atoms with E-state index >= 15 is 0 Å². The fraction of sp³-hybridized carbons (Fsp3) is 0.368. The Kier molecular flexibility index (Phi) is 4.29. The van der Waals surface area contributed by atoms with E-state index in [9.17, 15) is 9.59 Å². The maximum absolute atomic E-state index is 13.0. The molecule has 1 aromatic heterocycles. The van der Waals surface area contributed by atoms with Gasteiger partial charge in [-0.15, -0.1) is 11.3 Å². The molecule has 0 N–H and O–H groups in total. The van der Waals surface area contributed by atoms with Crippen LogP contribution in [0.4, 0.5) is 0 Å². The van der Waals surface area contributed by atoms with Gasteiger partial charge in [0.05, 0.1) is 5.02 Å². The van der Waals surface area contributed by atoms with Gasteiger partial charge in [-0.3, -0.25) is 9.59 Å². The van der Waals surface area contributed by atoms with Crippen molar-refractivity contribution >= 4 is 44.8 Å². The fourth-order valence-electron chi connectivity index (χ4n) is 3.96. The number of fused-ring (bicyclic) bond motifs is 2. The van der Waals surface area contributed by atoms with Crippen LogP contribution in [0.25, 0.3) is 10.1 Å². The van der Waals surface area contributed by atoms with Crippen LogP contribution in [0.3, 0.4) is 0 Å². The minimum Gasteiger partial charge on any atom is -0.339 e. The number of thiophene rings is 1. The van der Waals surface area contributed by atoms with Crippen molar-refractivity contribution in [3.05, 3.63) is 46.8 Å². The molecular formula is C19H19ClN2O2S. The Morgan fingerprint density at radius 1 is 1.16 bits per heavy atom. The smallest absolute Gasteiger partial charge is 0.265 e. The van der Waals surface area contributed by atoms with Crippen molar-refractivity contribution < 1.29 is 9.59 Å². The number of halogens is 1. The maximum Gasteiger partial charge on any atom is 0.265 e. The Balaban J connectivity index is 1.53. The van der Waals surface area contributed by atoms with Crippen molar-refractivity contribution in [1.82, 2.24) is 9.80 Å². The summed E-state index contributed by atoms with van der Waals surface area (Å²) in [5.41, 5.74) is 0. The number of likely N-dealkylation sites (tertiary alicyclic amines) is 2. The van der Waals surface area contributed by atoms with Crippen LogP contribution in [0.15, 0.2) is 36.9 Å². The zero-order chi connectivity index (χ0) is 17.6. The molecule has 0 radical (unpaired) electrons. The average Bonchev–Trinajstić information content (AvgIpc) is 3.21. The first kappa shape index (κ1) is 16.6. The largest absolute Gasteiger partial charge is 0.339 e. The van der Waals surface area contributed by atoms with Crippen LogP contribution in [0.1, 0.15) is 16.1 Å². The number of piperidine rings is 1. The lowest BCUT2D eigenvalue weighted by molar-refractivity contribution is -0.128. The second-order valence-corrected chi connectivity index (χ2v) is 8.18. The second kappa shape index (κ2) is 6.46. The summed E-state index contributed by atoms with van der Waals surface area (Å²) in [6.07, 6.45) is 2.31. The molecule has 4 nitrogen and oxygen atoms in total. The quantitative estimate of drug-likeness (QED) is 0.752. The van der Waals surface area contributed by atoms with Crippen LogP contribution in [-0.4, -0.2) is 47.8 Å². The summed E-state index contributed by atoms with van der Waals surface area (Å²) < 4.78 is 1.04. The Labute approximate surface area is 155 Å². The summed E-state index contributed by atoms with van der Waals surface area (Å²) >= 11 is 7.93. The predicted octanol–water partition coefficient (Wildman–Crippen LogP) is 3.66. The second-order valence-electron chi connectivity index (χ2n) is 6.75. The molecule has 130 valence electrons. The molecule has 0 bridgehead atoms. The highest BCUT2D eigenvalue weighted by atomic mass is 35.5. The highest BCUT2D eigenvalue weighted by molar-refractivity contribution is 7.21. The minimum absolute atomic E-state index is 0.0159. The van der Waals surface area contributed by atoms with Crippen molar-refractivity contribution in [3.8, 4) is 0 Å². The zero-order valence-electron chi connectivity index (χ0n) is 13.8. The topological polar surface area (TPSA) is 40.6 Å². The molecule has 25 heavy (non-hydrogen) atoms. The molecule has 6 heteroatoms. The van der Waals surface area contributed by atoms with Gasteiger partial charge in [0.25, 0.3) is 5.91 Å². The molecule has 0 aliphatic carbocycles. The van der Waals surface area contributed by atoms with E-state index in [4.69, 9.17) is 11.6 Å². The molecule has 3 heterocycles. The standard InChI is InChI=1S/C19H19ClN2O2S/c1-2-16(23)21-8-7-12-9-22(11-13(12)10-21)19(24)18-17(20)14-5-3-4-6-15(14)25-18/h2-6,12-13H,1,7-11H2. The van der Waals surface area contributed by atoms with Gasteiger partial charge in [-0.1, -0.05) is 36.4 Å². The number of benzene rings is 1. The predicted molar refractivity (Wildman–Crippen MR) is 101 cm³/mol. The van der Waals surface area contributed by atoms with Gasteiger partial charge in [0, 0.05) is 36.3 Å². The molecule has 4 rings (SSSR count). The highest BCUT2D eigenvalue weighted by Gasteiger charge is 2.40. The van der Waals surface area contributed by atoms with Crippen LogP contribution >= 0.6 is 22.9 Å². The van der Waals surface area contributed by atoms with Crippen LogP contribution in [0.5, 0.6) is 0 Å². The van der Waals surface area contributed by atoms with Crippen LogP contribution in [-0.2, 0) is 4.79 Å². The van der Waals surface area contributed by atoms with Gasteiger partial charge >= 0.3 is 0 Å². The van der Waals surface area contributed by atoms with Gasteiger partial charge in [-0.25, -0.2) is 0 Å². The zero-order valence-corrected chi connectivity index (χ0v) is 15.4. The first-order chi connectivity index (χ1) is 12.1. The van der Waals surface area contributed by atoms with E-state index in [2.05, 4.69) is 6.58 Å². The van der Waals surface area contributed by atoms with Crippen molar-refractivity contribution in [2.45, 2.75) is 6.42 Å². The summed E-state index contributed by atoms with van der Waals surface area (Å²) in [7, 11) is 0. The first-order valence-corrected chi connectivity index (χ1v) is 9.65. The normalized spacial score (nSPS) is 22.9. The summed E-state index contributed by atoms with van der Waals surface area (Å²) in [6.45, 7) is 6.46. The number of hydrogen-bond donors (Lipinski definition) is 0. The molecule has 2 fully saturated rings. The van der Waals surface area contributed by atoms with Gasteiger partial charge in [0.15, 0.2) is 0 Å². The van der Waals surface area contributed by atoms with E-state index in [0.717, 1.165) is 29.6 Å². The molecule has 2 saturated heterocycles. The lowest BCUT2D eigenvalue weighted by atomic mass is 9.89. The average molecular weight is 375 g/mol. The number of amides is 2. The molecule has 0 saturated carbocycles. The van der Waals surface area contributed by atoms with Crippen LogP contribution in [0.2, 0.25) is 5.02 Å². The minimum atomic E-state index is -0.0178. The molecular weight excluding hydrogens is 356 g/mol. The van der Waals surface area contributed by atoms with Crippen molar-refractivity contribution in [2.75, 3.05) is 26.2 Å². The molecule has 2 aliphatic heterocycles.